The van der Waals surface area contributed by atoms with Crippen LogP contribution in [-0.4, -0.2) is 43.2 Å². The Balaban J connectivity index is 1.93. The third-order valence-corrected chi connectivity index (χ3v) is 5.13. The lowest BCUT2D eigenvalue weighted by atomic mass is 10.1. The molecule has 2 heterocycles. The van der Waals surface area contributed by atoms with Crippen molar-refractivity contribution < 1.29 is 18.7 Å². The Labute approximate surface area is 174 Å². The average Bonchev–Trinajstić information content (AvgIpc) is 3.19. The molecule has 0 N–H and O–H groups in total. The minimum atomic E-state index is -0.409. The highest BCUT2D eigenvalue weighted by atomic mass is 16.5. The van der Waals surface area contributed by atoms with Crippen LogP contribution in [0.4, 0.5) is 5.82 Å². The maximum absolute atomic E-state index is 11.9. The summed E-state index contributed by atoms with van der Waals surface area (Å²) in [7, 11) is 4.95. The Morgan fingerprint density at radius 1 is 1.03 bits per heavy atom. The van der Waals surface area contributed by atoms with Gasteiger partial charge in [-0.15, -0.1) is 0 Å². The summed E-state index contributed by atoms with van der Waals surface area (Å²) in [6.07, 6.45) is 0. The molecule has 0 aliphatic carbocycles. The summed E-state index contributed by atoms with van der Waals surface area (Å²) in [5.74, 6) is 1.64. The Kier molecular flexibility index (Phi) is 5.03. The maximum atomic E-state index is 11.9. The quantitative estimate of drug-likeness (QED) is 0.446. The van der Waals surface area contributed by atoms with Crippen molar-refractivity contribution in [1.82, 2.24) is 9.97 Å². The van der Waals surface area contributed by atoms with E-state index < -0.39 is 5.97 Å². The summed E-state index contributed by atoms with van der Waals surface area (Å²) >= 11 is 0. The molecule has 0 atom stereocenters. The molecule has 0 saturated carbocycles. The van der Waals surface area contributed by atoms with Crippen LogP contribution >= 0.6 is 0 Å². The van der Waals surface area contributed by atoms with Gasteiger partial charge >= 0.3 is 5.97 Å². The zero-order valence-corrected chi connectivity index (χ0v) is 17.6. The number of ether oxygens (including phenoxy) is 2. The molecule has 0 spiro atoms. The van der Waals surface area contributed by atoms with Crippen molar-refractivity contribution in [3.05, 3.63) is 48.0 Å². The Hall–Kier alpha value is -3.61. The molecule has 4 aromatic rings. The molecule has 0 saturated heterocycles. The van der Waals surface area contributed by atoms with Crippen LogP contribution in [0.1, 0.15) is 24.2 Å². The molecular weight excluding hydrogens is 382 g/mol. The summed E-state index contributed by atoms with van der Waals surface area (Å²) < 4.78 is 16.2. The van der Waals surface area contributed by atoms with Gasteiger partial charge in [-0.25, -0.2) is 14.8 Å². The number of furan rings is 1. The van der Waals surface area contributed by atoms with Crippen molar-refractivity contribution in [1.29, 1.82) is 0 Å². The van der Waals surface area contributed by atoms with E-state index in [1.165, 1.54) is 7.11 Å². The van der Waals surface area contributed by atoms with Gasteiger partial charge in [0.2, 0.25) is 0 Å². The average molecular weight is 405 g/mol. The van der Waals surface area contributed by atoms with Gasteiger partial charge in [-0.2, -0.15) is 0 Å². The molecule has 4 rings (SSSR count). The molecule has 154 valence electrons. The fraction of sp³-hybridized carbons (Fsp3) is 0.261. The number of hydrogen-bond acceptors (Lipinski definition) is 7. The van der Waals surface area contributed by atoms with Gasteiger partial charge in [0.25, 0.3) is 0 Å². The molecule has 30 heavy (non-hydrogen) atoms. The van der Waals surface area contributed by atoms with Crippen LogP contribution in [0.15, 0.2) is 46.9 Å². The number of hydrogen-bond donors (Lipinski definition) is 0. The molecule has 7 heteroatoms. The lowest BCUT2D eigenvalue weighted by Gasteiger charge is -2.24. The fourth-order valence-corrected chi connectivity index (χ4v) is 3.21. The number of carbonyl (C=O) groups excluding carboxylic acids is 1. The standard InChI is InChI=1S/C23H23N3O4/c1-13(2)26(3)22-21(20-12-15-10-16(28-4)7-9-19(15)30-20)24-17-8-6-14(23(27)29-5)11-18(17)25-22/h6-13H,1-5H3. The second-order valence-electron chi connectivity index (χ2n) is 7.31. The monoisotopic (exact) mass is 405 g/mol. The number of aromatic nitrogens is 2. The molecular formula is C23H23N3O4. The summed E-state index contributed by atoms with van der Waals surface area (Å²) in [5, 5.41) is 0.922. The first kappa shape index (κ1) is 19.7. The first-order valence-electron chi connectivity index (χ1n) is 9.62. The van der Waals surface area contributed by atoms with Crippen molar-refractivity contribution in [3.8, 4) is 17.2 Å². The minimum Gasteiger partial charge on any atom is -0.497 e. The van der Waals surface area contributed by atoms with Gasteiger partial charge in [0.1, 0.15) is 17.0 Å². The van der Waals surface area contributed by atoms with Gasteiger partial charge in [-0.05, 0) is 56.3 Å². The van der Waals surface area contributed by atoms with E-state index in [4.69, 9.17) is 23.9 Å². The predicted molar refractivity (Wildman–Crippen MR) is 116 cm³/mol. The summed E-state index contributed by atoms with van der Waals surface area (Å²) in [5.41, 5.74) is 3.09. The van der Waals surface area contributed by atoms with E-state index in [1.54, 1.807) is 25.3 Å². The largest absolute Gasteiger partial charge is 0.497 e. The van der Waals surface area contributed by atoms with Crippen LogP contribution in [0, 0.1) is 0 Å². The molecule has 0 aliphatic heterocycles. The second kappa shape index (κ2) is 7.67. The maximum Gasteiger partial charge on any atom is 0.337 e. The normalized spacial score (nSPS) is 11.3. The van der Waals surface area contributed by atoms with Gasteiger partial charge < -0.3 is 18.8 Å². The van der Waals surface area contributed by atoms with Crippen LogP contribution < -0.4 is 9.64 Å². The van der Waals surface area contributed by atoms with Gasteiger partial charge in [-0.3, -0.25) is 0 Å². The number of rotatable bonds is 5. The molecule has 0 aliphatic rings. The van der Waals surface area contributed by atoms with E-state index in [0.717, 1.165) is 16.7 Å². The van der Waals surface area contributed by atoms with Crippen molar-refractivity contribution in [2.75, 3.05) is 26.2 Å². The van der Waals surface area contributed by atoms with Gasteiger partial charge in [0.15, 0.2) is 11.6 Å². The third-order valence-electron chi connectivity index (χ3n) is 5.13. The Bertz CT molecular complexity index is 1250. The zero-order valence-electron chi connectivity index (χ0n) is 17.6. The number of anilines is 1. The van der Waals surface area contributed by atoms with E-state index in [9.17, 15) is 4.79 Å². The highest BCUT2D eigenvalue weighted by molar-refractivity contribution is 5.95. The molecule has 0 radical (unpaired) electrons. The van der Waals surface area contributed by atoms with Gasteiger partial charge in [-0.1, -0.05) is 0 Å². The molecule has 2 aromatic heterocycles. The number of benzene rings is 2. The Morgan fingerprint density at radius 2 is 1.83 bits per heavy atom. The van der Waals surface area contributed by atoms with Crippen LogP contribution in [0.5, 0.6) is 5.75 Å². The smallest absolute Gasteiger partial charge is 0.337 e. The zero-order chi connectivity index (χ0) is 21.4. The third kappa shape index (κ3) is 3.43. The van der Waals surface area contributed by atoms with Crippen molar-refractivity contribution in [3.63, 3.8) is 0 Å². The highest BCUT2D eigenvalue weighted by Gasteiger charge is 2.21. The van der Waals surface area contributed by atoms with Crippen molar-refractivity contribution in [2.45, 2.75) is 19.9 Å². The van der Waals surface area contributed by atoms with Crippen LogP contribution in [-0.2, 0) is 4.74 Å². The lowest BCUT2D eigenvalue weighted by Crippen LogP contribution is -2.27. The molecule has 2 aromatic carbocycles. The van der Waals surface area contributed by atoms with Crippen LogP contribution in [0.2, 0.25) is 0 Å². The van der Waals surface area contributed by atoms with Gasteiger partial charge in [0, 0.05) is 18.5 Å². The van der Waals surface area contributed by atoms with Crippen molar-refractivity contribution >= 4 is 33.8 Å². The van der Waals surface area contributed by atoms with Crippen molar-refractivity contribution in [2.24, 2.45) is 0 Å². The topological polar surface area (TPSA) is 77.7 Å². The van der Waals surface area contributed by atoms with Crippen LogP contribution in [0.25, 0.3) is 33.5 Å². The molecule has 0 amide bonds. The van der Waals surface area contributed by atoms with Gasteiger partial charge in [0.05, 0.1) is 30.8 Å². The summed E-state index contributed by atoms with van der Waals surface area (Å²) in [4.78, 5) is 23.6. The highest BCUT2D eigenvalue weighted by Crippen LogP contribution is 2.35. The number of fused-ring (bicyclic) bond motifs is 2. The number of nitrogens with zero attached hydrogens (tertiary/aromatic N) is 3. The lowest BCUT2D eigenvalue weighted by molar-refractivity contribution is 0.0601. The van der Waals surface area contributed by atoms with E-state index >= 15 is 0 Å². The van der Waals surface area contributed by atoms with E-state index in [-0.39, 0.29) is 6.04 Å². The molecule has 0 unspecified atom stereocenters. The number of carbonyl (C=O) groups is 1. The minimum absolute atomic E-state index is 0.184. The number of methoxy groups -OCH3 is 2. The van der Waals surface area contributed by atoms with E-state index in [2.05, 4.69) is 13.8 Å². The SMILES string of the molecule is COC(=O)c1ccc2nc(-c3cc4cc(OC)ccc4o3)c(N(C)C(C)C)nc2c1. The fourth-order valence-electron chi connectivity index (χ4n) is 3.21. The summed E-state index contributed by atoms with van der Waals surface area (Å²) in [6.45, 7) is 4.15. The molecule has 0 bridgehead atoms. The number of esters is 1. The van der Waals surface area contributed by atoms with Crippen LogP contribution in [0.3, 0.4) is 0 Å². The first-order valence-corrected chi connectivity index (χ1v) is 9.62. The molecule has 0 fully saturated rings. The van der Waals surface area contributed by atoms with E-state index in [1.807, 2.05) is 36.2 Å². The predicted octanol–water partition coefficient (Wildman–Crippen LogP) is 4.68. The second-order valence-corrected chi connectivity index (χ2v) is 7.31. The first-order chi connectivity index (χ1) is 14.4. The molecule has 7 nitrogen and oxygen atoms in total. The Morgan fingerprint density at radius 3 is 2.53 bits per heavy atom. The van der Waals surface area contributed by atoms with E-state index in [0.29, 0.717) is 33.9 Å². The summed E-state index contributed by atoms with van der Waals surface area (Å²) in [6, 6.07) is 12.9.